The first kappa shape index (κ1) is 21.8. The third-order valence-corrected chi connectivity index (χ3v) is 7.15. The Labute approximate surface area is 210 Å². The average Bonchev–Trinajstić information content (AvgIpc) is 3.50. The Morgan fingerprint density at radius 1 is 0.946 bits per heavy atom. The summed E-state index contributed by atoms with van der Waals surface area (Å²) in [6, 6.07) is 22.5. The lowest BCUT2D eigenvalue weighted by Gasteiger charge is -2.17. The Hall–Kier alpha value is -4.46. The number of fused-ring (bicyclic) bond motifs is 3. The Kier molecular flexibility index (Phi) is 4.43. The van der Waals surface area contributed by atoms with E-state index in [1.165, 1.54) is 12.1 Å². The molecular weight excluding hydrogens is 476 g/mol. The number of hydrogen-bond acceptors (Lipinski definition) is 4. The van der Waals surface area contributed by atoms with Crippen molar-refractivity contribution in [2.75, 3.05) is 5.32 Å². The summed E-state index contributed by atoms with van der Waals surface area (Å²) in [6.45, 7) is 2.02. The van der Waals surface area contributed by atoms with Crippen molar-refractivity contribution in [2.45, 2.75) is 31.5 Å². The number of alkyl halides is 2. The van der Waals surface area contributed by atoms with Crippen molar-refractivity contribution in [2.24, 2.45) is 0 Å². The van der Waals surface area contributed by atoms with Gasteiger partial charge < -0.3 is 19.8 Å². The van der Waals surface area contributed by atoms with Crippen molar-refractivity contribution in [3.05, 3.63) is 84.1 Å². The first-order valence-electron chi connectivity index (χ1n) is 12.0. The molecule has 2 N–H and O–H groups in total. The largest absolute Gasteiger partial charge is 0.586 e. The maximum atomic E-state index is 13.5. The highest BCUT2D eigenvalue weighted by atomic mass is 19.3. The molecule has 2 aromatic heterocycles. The molecule has 1 aliphatic carbocycles. The van der Waals surface area contributed by atoms with Crippen LogP contribution >= 0.6 is 0 Å². The molecule has 0 spiro atoms. The number of amides is 1. The molecule has 3 aromatic carbocycles. The van der Waals surface area contributed by atoms with Crippen LogP contribution in [0.2, 0.25) is 0 Å². The van der Waals surface area contributed by atoms with E-state index in [9.17, 15) is 13.6 Å². The number of carbonyl (C=O) groups is 1. The molecule has 1 fully saturated rings. The monoisotopic (exact) mass is 497 g/mol. The molecule has 2 aliphatic rings. The molecule has 0 atom stereocenters. The molecule has 37 heavy (non-hydrogen) atoms. The second kappa shape index (κ2) is 7.52. The molecule has 3 heterocycles. The van der Waals surface area contributed by atoms with Gasteiger partial charge in [0.1, 0.15) is 5.82 Å². The van der Waals surface area contributed by atoms with E-state index in [1.54, 1.807) is 6.07 Å². The minimum Gasteiger partial charge on any atom is -0.395 e. The molecule has 1 saturated carbocycles. The van der Waals surface area contributed by atoms with Crippen LogP contribution in [0.1, 0.15) is 24.1 Å². The maximum Gasteiger partial charge on any atom is 0.586 e. The summed E-state index contributed by atoms with van der Waals surface area (Å²) in [5.74, 6) is 0.0922. The van der Waals surface area contributed by atoms with Crippen molar-refractivity contribution in [1.29, 1.82) is 0 Å². The summed E-state index contributed by atoms with van der Waals surface area (Å²) < 4.78 is 36.1. The molecule has 0 saturated heterocycles. The number of halogens is 2. The molecular formula is C29H21F2N3O3. The van der Waals surface area contributed by atoms with E-state index in [2.05, 4.69) is 31.9 Å². The topological polar surface area (TPSA) is 76.2 Å². The van der Waals surface area contributed by atoms with Crippen molar-refractivity contribution < 1.29 is 23.0 Å². The van der Waals surface area contributed by atoms with E-state index >= 15 is 0 Å². The highest BCUT2D eigenvalue weighted by molar-refractivity contribution is 6.04. The predicted octanol–water partition coefficient (Wildman–Crippen LogP) is 6.68. The minimum atomic E-state index is -3.70. The maximum absolute atomic E-state index is 13.5. The highest BCUT2D eigenvalue weighted by Gasteiger charge is 2.53. The molecule has 0 bridgehead atoms. The summed E-state index contributed by atoms with van der Waals surface area (Å²) in [5.41, 5.74) is 3.62. The van der Waals surface area contributed by atoms with Gasteiger partial charge in [-0.3, -0.25) is 4.79 Å². The van der Waals surface area contributed by atoms with Crippen LogP contribution in [0.5, 0.6) is 11.5 Å². The van der Waals surface area contributed by atoms with E-state index in [-0.39, 0.29) is 17.4 Å². The number of ether oxygens (including phenoxy) is 2. The third kappa shape index (κ3) is 3.59. The Morgan fingerprint density at radius 3 is 2.59 bits per heavy atom. The fourth-order valence-corrected chi connectivity index (χ4v) is 5.16. The van der Waals surface area contributed by atoms with E-state index in [1.807, 2.05) is 49.4 Å². The van der Waals surface area contributed by atoms with Crippen molar-refractivity contribution in [1.82, 2.24) is 9.97 Å². The normalized spacial score (nSPS) is 16.7. The number of H-pyrrole nitrogens is 1. The lowest BCUT2D eigenvalue weighted by atomic mass is 9.94. The Balaban J connectivity index is 1.25. The number of anilines is 1. The number of aromatic amines is 1. The quantitative estimate of drug-likeness (QED) is 0.290. The molecule has 5 aromatic rings. The van der Waals surface area contributed by atoms with Gasteiger partial charge in [0.2, 0.25) is 5.91 Å². The standard InChI is InChI=1S/C29H21F2N3O3/c1-16-12-19-13-18(6-8-22(19)32-16)26-21-5-3-2-4-17(21)14-25(33-26)34-27(35)28(10-11-28)20-7-9-23-24(15-20)37-29(30,31)36-23/h2-9,12-15,32H,10-11H2,1H3,(H,33,34,35). The molecule has 0 unspecified atom stereocenters. The lowest BCUT2D eigenvalue weighted by Crippen LogP contribution is -2.28. The van der Waals surface area contributed by atoms with Crippen molar-refractivity contribution >= 4 is 33.4 Å². The van der Waals surface area contributed by atoms with Gasteiger partial charge in [0.05, 0.1) is 11.1 Å². The van der Waals surface area contributed by atoms with Gasteiger partial charge in [-0.15, -0.1) is 8.78 Å². The number of nitrogens with zero attached hydrogens (tertiary/aromatic N) is 1. The van der Waals surface area contributed by atoms with E-state index in [0.29, 0.717) is 24.2 Å². The molecule has 6 nitrogen and oxygen atoms in total. The number of carbonyl (C=O) groups excluding carboxylic acids is 1. The third-order valence-electron chi connectivity index (χ3n) is 7.15. The average molecular weight is 498 g/mol. The number of pyridine rings is 1. The molecule has 8 heteroatoms. The molecule has 0 radical (unpaired) electrons. The van der Waals surface area contributed by atoms with Crippen LogP contribution in [0.25, 0.3) is 32.9 Å². The first-order valence-corrected chi connectivity index (χ1v) is 12.0. The fraction of sp³-hybridized carbons (Fsp3) is 0.172. The van der Waals surface area contributed by atoms with Crippen LogP contribution in [0.15, 0.2) is 72.8 Å². The van der Waals surface area contributed by atoms with Crippen LogP contribution in [0.4, 0.5) is 14.6 Å². The summed E-state index contributed by atoms with van der Waals surface area (Å²) in [7, 11) is 0. The summed E-state index contributed by atoms with van der Waals surface area (Å²) in [5, 5.41) is 6.00. The van der Waals surface area contributed by atoms with Gasteiger partial charge in [0.15, 0.2) is 11.5 Å². The fourth-order valence-electron chi connectivity index (χ4n) is 5.16. The van der Waals surface area contributed by atoms with Crippen LogP contribution < -0.4 is 14.8 Å². The zero-order valence-corrected chi connectivity index (χ0v) is 19.8. The Bertz CT molecular complexity index is 1740. The minimum absolute atomic E-state index is 0.0413. The summed E-state index contributed by atoms with van der Waals surface area (Å²) >= 11 is 0. The highest BCUT2D eigenvalue weighted by Crippen LogP contribution is 2.52. The van der Waals surface area contributed by atoms with Crippen LogP contribution in [-0.4, -0.2) is 22.2 Å². The van der Waals surface area contributed by atoms with Gasteiger partial charge in [-0.2, -0.15) is 0 Å². The van der Waals surface area contributed by atoms with Gasteiger partial charge in [-0.25, -0.2) is 4.98 Å². The number of aromatic nitrogens is 2. The van der Waals surface area contributed by atoms with Crippen LogP contribution in [0.3, 0.4) is 0 Å². The van der Waals surface area contributed by atoms with E-state index in [0.717, 1.165) is 38.6 Å². The smallest absolute Gasteiger partial charge is 0.395 e. The second-order valence-corrected chi connectivity index (χ2v) is 9.70. The Morgan fingerprint density at radius 2 is 1.76 bits per heavy atom. The number of aryl methyl sites for hydroxylation is 1. The SMILES string of the molecule is Cc1cc2cc(-c3nc(NC(=O)C4(c5ccc6c(c5)OC(F)(F)O6)CC4)cc4ccccc34)ccc2[nH]1. The number of hydrogen-bond donors (Lipinski definition) is 2. The predicted molar refractivity (Wildman–Crippen MR) is 136 cm³/mol. The van der Waals surface area contributed by atoms with Crippen molar-refractivity contribution in [3.8, 4) is 22.8 Å². The lowest BCUT2D eigenvalue weighted by molar-refractivity contribution is -0.286. The molecule has 1 aliphatic heterocycles. The zero-order valence-electron chi connectivity index (χ0n) is 19.8. The first-order chi connectivity index (χ1) is 17.8. The number of benzene rings is 3. The zero-order chi connectivity index (χ0) is 25.4. The van der Waals surface area contributed by atoms with Gasteiger partial charge in [-0.05, 0) is 67.1 Å². The number of rotatable bonds is 4. The van der Waals surface area contributed by atoms with Gasteiger partial charge in [-0.1, -0.05) is 36.4 Å². The summed E-state index contributed by atoms with van der Waals surface area (Å²) in [4.78, 5) is 21.7. The van der Waals surface area contributed by atoms with Gasteiger partial charge in [0.25, 0.3) is 0 Å². The number of nitrogens with one attached hydrogen (secondary N) is 2. The van der Waals surface area contributed by atoms with Crippen molar-refractivity contribution in [3.63, 3.8) is 0 Å². The molecule has 184 valence electrons. The second-order valence-electron chi connectivity index (χ2n) is 9.70. The van der Waals surface area contributed by atoms with E-state index < -0.39 is 11.7 Å². The molecule has 7 rings (SSSR count). The summed E-state index contributed by atoms with van der Waals surface area (Å²) in [6.07, 6.45) is -2.51. The van der Waals surface area contributed by atoms with Gasteiger partial charge >= 0.3 is 6.29 Å². The van der Waals surface area contributed by atoms with E-state index in [4.69, 9.17) is 4.98 Å². The van der Waals surface area contributed by atoms with Crippen LogP contribution in [0, 0.1) is 6.92 Å². The molecule has 1 amide bonds. The van der Waals surface area contributed by atoms with Gasteiger partial charge in [0, 0.05) is 27.5 Å². The van der Waals surface area contributed by atoms with Crippen LogP contribution in [-0.2, 0) is 10.2 Å².